The van der Waals surface area contributed by atoms with Gasteiger partial charge in [0, 0.05) is 19.9 Å². The van der Waals surface area contributed by atoms with Crippen molar-refractivity contribution in [1.82, 2.24) is 20.9 Å². The van der Waals surface area contributed by atoms with Crippen molar-refractivity contribution in [2.75, 3.05) is 6.54 Å². The molecule has 0 saturated heterocycles. The number of amides is 2. The van der Waals surface area contributed by atoms with Crippen molar-refractivity contribution in [3.63, 3.8) is 0 Å². The van der Waals surface area contributed by atoms with Gasteiger partial charge in [-0.1, -0.05) is 5.16 Å². The average molecular weight is 213 g/mol. The SMILES string of the molecule is Cc1nc(CCNC(=O)C(=O)NN)no1. The fourth-order valence-electron chi connectivity index (χ4n) is 0.877. The van der Waals surface area contributed by atoms with Gasteiger partial charge in [0.2, 0.25) is 5.89 Å². The normalized spacial score (nSPS) is 9.73. The van der Waals surface area contributed by atoms with Crippen LogP contribution < -0.4 is 16.6 Å². The molecule has 4 N–H and O–H groups in total. The number of rotatable bonds is 3. The number of hydrazine groups is 1. The minimum absolute atomic E-state index is 0.241. The van der Waals surface area contributed by atoms with Gasteiger partial charge in [0.25, 0.3) is 0 Å². The number of carbonyl (C=O) groups excluding carboxylic acids is 2. The van der Waals surface area contributed by atoms with Crippen LogP contribution in [-0.4, -0.2) is 28.5 Å². The summed E-state index contributed by atoms with van der Waals surface area (Å²) in [5, 5.41) is 5.95. The second-order valence-electron chi connectivity index (χ2n) is 2.71. The van der Waals surface area contributed by atoms with Crippen LogP contribution in [0.5, 0.6) is 0 Å². The van der Waals surface area contributed by atoms with Gasteiger partial charge in [-0.15, -0.1) is 0 Å². The number of carbonyl (C=O) groups is 2. The van der Waals surface area contributed by atoms with Crippen molar-refractivity contribution in [3.05, 3.63) is 11.7 Å². The summed E-state index contributed by atoms with van der Waals surface area (Å²) in [5.41, 5.74) is 1.72. The standard InChI is InChI=1S/C7H11N5O3/c1-4-10-5(12-15-4)2-3-9-6(13)7(14)11-8/h2-3,8H2,1H3,(H,9,13)(H,11,14). The number of hydrogen-bond donors (Lipinski definition) is 3. The lowest BCUT2D eigenvalue weighted by atomic mass is 10.4. The zero-order chi connectivity index (χ0) is 11.3. The van der Waals surface area contributed by atoms with Gasteiger partial charge in [-0.25, -0.2) is 5.84 Å². The predicted molar refractivity (Wildman–Crippen MR) is 48.1 cm³/mol. The molecule has 0 aliphatic rings. The highest BCUT2D eigenvalue weighted by Crippen LogP contribution is 1.94. The van der Waals surface area contributed by atoms with E-state index < -0.39 is 11.8 Å². The summed E-state index contributed by atoms with van der Waals surface area (Å²) in [6.45, 7) is 1.90. The molecule has 0 fully saturated rings. The van der Waals surface area contributed by atoms with Gasteiger partial charge in [0.15, 0.2) is 5.82 Å². The van der Waals surface area contributed by atoms with Crippen LogP contribution >= 0.6 is 0 Å². The first-order valence-corrected chi connectivity index (χ1v) is 4.21. The van der Waals surface area contributed by atoms with Gasteiger partial charge in [0.05, 0.1) is 0 Å². The Hall–Kier alpha value is -1.96. The first kappa shape index (κ1) is 11.1. The summed E-state index contributed by atoms with van der Waals surface area (Å²) in [4.78, 5) is 25.5. The first-order valence-electron chi connectivity index (χ1n) is 4.21. The number of aryl methyl sites for hydroxylation is 1. The van der Waals surface area contributed by atoms with Crippen LogP contribution in [0.2, 0.25) is 0 Å². The van der Waals surface area contributed by atoms with Gasteiger partial charge in [-0.2, -0.15) is 4.98 Å². The Balaban J connectivity index is 2.27. The van der Waals surface area contributed by atoms with Crippen LogP contribution in [0.25, 0.3) is 0 Å². The van der Waals surface area contributed by atoms with Gasteiger partial charge >= 0.3 is 11.8 Å². The molecule has 1 rings (SSSR count). The highest BCUT2D eigenvalue weighted by molar-refractivity contribution is 6.34. The Morgan fingerprint density at radius 2 is 2.20 bits per heavy atom. The number of aromatic nitrogens is 2. The Morgan fingerprint density at radius 3 is 2.73 bits per heavy atom. The lowest BCUT2D eigenvalue weighted by molar-refractivity contribution is -0.139. The summed E-state index contributed by atoms with van der Waals surface area (Å²) < 4.78 is 4.72. The van der Waals surface area contributed by atoms with Gasteiger partial charge < -0.3 is 9.84 Å². The number of nitrogens with zero attached hydrogens (tertiary/aromatic N) is 2. The van der Waals surface area contributed by atoms with Gasteiger partial charge in [-0.05, 0) is 0 Å². The van der Waals surface area contributed by atoms with E-state index in [4.69, 9.17) is 10.4 Å². The molecule has 1 aromatic heterocycles. The maximum atomic E-state index is 10.9. The number of nitrogens with two attached hydrogens (primary N) is 1. The van der Waals surface area contributed by atoms with E-state index >= 15 is 0 Å². The van der Waals surface area contributed by atoms with Gasteiger partial charge in [0.1, 0.15) is 0 Å². The average Bonchev–Trinajstić information content (AvgIpc) is 2.63. The second kappa shape index (κ2) is 5.05. The Labute approximate surface area is 85.2 Å². The molecule has 1 aromatic rings. The maximum Gasteiger partial charge on any atom is 0.323 e. The Kier molecular flexibility index (Phi) is 3.75. The third kappa shape index (κ3) is 3.35. The molecule has 82 valence electrons. The zero-order valence-corrected chi connectivity index (χ0v) is 8.11. The fourth-order valence-corrected chi connectivity index (χ4v) is 0.877. The molecule has 0 aliphatic heterocycles. The molecule has 0 bridgehead atoms. The van der Waals surface area contributed by atoms with Crippen molar-refractivity contribution in [1.29, 1.82) is 0 Å². The zero-order valence-electron chi connectivity index (χ0n) is 8.11. The first-order chi connectivity index (χ1) is 7.13. The van der Waals surface area contributed by atoms with E-state index in [0.717, 1.165) is 0 Å². The topological polar surface area (TPSA) is 123 Å². The third-order valence-electron chi connectivity index (χ3n) is 1.54. The molecule has 15 heavy (non-hydrogen) atoms. The molecule has 8 heteroatoms. The van der Waals surface area contributed by atoms with Crippen molar-refractivity contribution in [3.8, 4) is 0 Å². The van der Waals surface area contributed by atoms with Crippen LogP contribution in [0.3, 0.4) is 0 Å². The fraction of sp³-hybridized carbons (Fsp3) is 0.429. The molecule has 0 aromatic carbocycles. The molecular formula is C7H11N5O3. The van der Waals surface area contributed by atoms with Crippen LogP contribution in [0, 0.1) is 6.92 Å². The summed E-state index contributed by atoms with van der Waals surface area (Å²) >= 11 is 0. The van der Waals surface area contributed by atoms with Crippen LogP contribution in [-0.2, 0) is 16.0 Å². The monoisotopic (exact) mass is 213 g/mol. The lowest BCUT2D eigenvalue weighted by Gasteiger charge is -2.00. The van der Waals surface area contributed by atoms with Crippen molar-refractivity contribution in [2.45, 2.75) is 13.3 Å². The molecule has 0 unspecified atom stereocenters. The van der Waals surface area contributed by atoms with E-state index in [1.54, 1.807) is 12.3 Å². The van der Waals surface area contributed by atoms with E-state index in [1.165, 1.54) is 0 Å². The van der Waals surface area contributed by atoms with Crippen molar-refractivity contribution >= 4 is 11.8 Å². The molecule has 0 spiro atoms. The largest absolute Gasteiger partial charge is 0.347 e. The molecule has 1 heterocycles. The lowest BCUT2D eigenvalue weighted by Crippen LogP contribution is -2.43. The second-order valence-corrected chi connectivity index (χ2v) is 2.71. The van der Waals surface area contributed by atoms with Gasteiger partial charge in [-0.3, -0.25) is 15.0 Å². The third-order valence-corrected chi connectivity index (χ3v) is 1.54. The minimum atomic E-state index is -0.890. The molecule has 8 nitrogen and oxygen atoms in total. The van der Waals surface area contributed by atoms with E-state index in [0.29, 0.717) is 18.1 Å². The van der Waals surface area contributed by atoms with E-state index in [1.807, 2.05) is 0 Å². The van der Waals surface area contributed by atoms with Crippen LogP contribution in [0.1, 0.15) is 11.7 Å². The molecular weight excluding hydrogens is 202 g/mol. The number of nitrogens with one attached hydrogen (secondary N) is 2. The highest BCUT2D eigenvalue weighted by Gasteiger charge is 2.10. The molecule has 0 saturated carbocycles. The van der Waals surface area contributed by atoms with Crippen LogP contribution in [0.4, 0.5) is 0 Å². The Bertz CT molecular complexity index is 361. The summed E-state index contributed by atoms with van der Waals surface area (Å²) in [7, 11) is 0. The molecule has 0 aliphatic carbocycles. The van der Waals surface area contributed by atoms with Crippen molar-refractivity contribution in [2.24, 2.45) is 5.84 Å². The predicted octanol–water partition coefficient (Wildman–Crippen LogP) is -1.97. The van der Waals surface area contributed by atoms with Crippen molar-refractivity contribution < 1.29 is 14.1 Å². The van der Waals surface area contributed by atoms with E-state index in [2.05, 4.69) is 15.5 Å². The van der Waals surface area contributed by atoms with Crippen LogP contribution in [0.15, 0.2) is 4.52 Å². The van der Waals surface area contributed by atoms with E-state index in [9.17, 15) is 9.59 Å². The Morgan fingerprint density at radius 1 is 1.47 bits per heavy atom. The maximum absolute atomic E-state index is 10.9. The summed E-state index contributed by atoms with van der Waals surface area (Å²) in [6.07, 6.45) is 0.390. The minimum Gasteiger partial charge on any atom is -0.347 e. The summed E-state index contributed by atoms with van der Waals surface area (Å²) in [5.74, 6) is 4.00. The number of hydrogen-bond acceptors (Lipinski definition) is 6. The smallest absolute Gasteiger partial charge is 0.323 e. The quantitative estimate of drug-likeness (QED) is 0.231. The molecule has 2 amide bonds. The molecule has 0 atom stereocenters. The molecule has 0 radical (unpaired) electrons. The highest BCUT2D eigenvalue weighted by atomic mass is 16.5. The van der Waals surface area contributed by atoms with E-state index in [-0.39, 0.29) is 6.54 Å². The summed E-state index contributed by atoms with van der Waals surface area (Å²) in [6, 6.07) is 0.